The number of hydrogen-bond donors (Lipinski definition) is 1. The third-order valence-electron chi connectivity index (χ3n) is 5.56. The van der Waals surface area contributed by atoms with Crippen LogP contribution in [0.1, 0.15) is 77.6 Å². The summed E-state index contributed by atoms with van der Waals surface area (Å²) >= 11 is 0. The molecule has 0 radical (unpaired) electrons. The second kappa shape index (κ2) is 7.53. The Morgan fingerprint density at radius 3 is 1.89 bits per heavy atom. The van der Waals surface area contributed by atoms with Gasteiger partial charge in [-0.3, -0.25) is 0 Å². The Labute approximate surface area is 113 Å². The summed E-state index contributed by atoms with van der Waals surface area (Å²) in [5.74, 6) is 3.74. The maximum absolute atomic E-state index is 9.13. The van der Waals surface area contributed by atoms with Gasteiger partial charge >= 0.3 is 0 Å². The summed E-state index contributed by atoms with van der Waals surface area (Å²) in [5, 5.41) is 9.13. The molecule has 0 aromatic heterocycles. The molecule has 2 aliphatic rings. The van der Waals surface area contributed by atoms with Crippen LogP contribution in [-0.2, 0) is 0 Å². The number of hydrogen-bond acceptors (Lipinski definition) is 1. The minimum absolute atomic E-state index is 0.378. The van der Waals surface area contributed by atoms with Crippen molar-refractivity contribution < 1.29 is 5.11 Å². The van der Waals surface area contributed by atoms with Gasteiger partial charge in [0.15, 0.2) is 0 Å². The summed E-state index contributed by atoms with van der Waals surface area (Å²) < 4.78 is 0. The van der Waals surface area contributed by atoms with Crippen LogP contribution in [-0.4, -0.2) is 11.7 Å². The van der Waals surface area contributed by atoms with Gasteiger partial charge < -0.3 is 5.11 Å². The molecule has 2 unspecified atom stereocenters. The summed E-state index contributed by atoms with van der Waals surface area (Å²) in [7, 11) is 0. The lowest BCUT2D eigenvalue weighted by Gasteiger charge is -2.36. The molecule has 0 bridgehead atoms. The molecule has 2 fully saturated rings. The van der Waals surface area contributed by atoms with E-state index in [1.54, 1.807) is 0 Å². The Morgan fingerprint density at radius 2 is 1.39 bits per heavy atom. The van der Waals surface area contributed by atoms with E-state index in [1.165, 1.54) is 64.2 Å². The van der Waals surface area contributed by atoms with Gasteiger partial charge in [0.1, 0.15) is 0 Å². The second-order valence-electron chi connectivity index (χ2n) is 6.96. The van der Waals surface area contributed by atoms with E-state index in [-0.39, 0.29) is 0 Å². The van der Waals surface area contributed by atoms with Crippen LogP contribution in [0.5, 0.6) is 0 Å². The fourth-order valence-electron chi connectivity index (χ4n) is 4.52. The lowest BCUT2D eigenvalue weighted by Crippen LogP contribution is -2.26. The van der Waals surface area contributed by atoms with Crippen molar-refractivity contribution >= 4 is 0 Å². The first kappa shape index (κ1) is 14.4. The first-order valence-electron chi connectivity index (χ1n) is 8.42. The second-order valence-corrected chi connectivity index (χ2v) is 6.96. The van der Waals surface area contributed by atoms with Crippen molar-refractivity contribution in [3.8, 4) is 0 Å². The maximum atomic E-state index is 9.13. The highest BCUT2D eigenvalue weighted by Crippen LogP contribution is 2.43. The summed E-state index contributed by atoms with van der Waals surface area (Å²) in [6, 6.07) is 0. The van der Waals surface area contributed by atoms with Gasteiger partial charge in [-0.25, -0.2) is 0 Å². The lowest BCUT2D eigenvalue weighted by atomic mass is 9.70. The maximum Gasteiger partial charge on any atom is 0.0433 e. The van der Waals surface area contributed by atoms with Gasteiger partial charge in [-0.2, -0.15) is 0 Å². The molecule has 18 heavy (non-hydrogen) atoms. The fourth-order valence-corrected chi connectivity index (χ4v) is 4.52. The monoisotopic (exact) mass is 252 g/mol. The summed E-state index contributed by atoms with van der Waals surface area (Å²) in [6.45, 7) is 2.73. The summed E-state index contributed by atoms with van der Waals surface area (Å²) in [5.41, 5.74) is 0. The molecule has 1 heteroatoms. The molecular weight excluding hydrogens is 220 g/mol. The van der Waals surface area contributed by atoms with Crippen molar-refractivity contribution in [1.82, 2.24) is 0 Å². The molecule has 0 spiro atoms. The molecule has 0 amide bonds. The van der Waals surface area contributed by atoms with Gasteiger partial charge in [-0.1, -0.05) is 64.7 Å². The average Bonchev–Trinajstić information content (AvgIpc) is 2.91. The summed E-state index contributed by atoms with van der Waals surface area (Å²) in [4.78, 5) is 0. The molecule has 106 valence electrons. The van der Waals surface area contributed by atoms with E-state index in [4.69, 9.17) is 5.11 Å². The SMILES string of the molecule is CC(CCO)CC(C1CCCCC1)C1CCCC1. The third-order valence-corrected chi connectivity index (χ3v) is 5.56. The third kappa shape index (κ3) is 3.98. The van der Waals surface area contributed by atoms with Crippen LogP contribution in [0.2, 0.25) is 0 Å². The van der Waals surface area contributed by atoms with Crippen LogP contribution in [0.15, 0.2) is 0 Å². The highest BCUT2D eigenvalue weighted by molar-refractivity contribution is 4.83. The van der Waals surface area contributed by atoms with Crippen LogP contribution in [0.3, 0.4) is 0 Å². The predicted molar refractivity (Wildman–Crippen MR) is 77.5 cm³/mol. The van der Waals surface area contributed by atoms with Crippen molar-refractivity contribution in [2.24, 2.45) is 23.7 Å². The van der Waals surface area contributed by atoms with Crippen molar-refractivity contribution in [3.05, 3.63) is 0 Å². The van der Waals surface area contributed by atoms with E-state index in [0.29, 0.717) is 6.61 Å². The first-order chi connectivity index (χ1) is 8.81. The van der Waals surface area contributed by atoms with Gasteiger partial charge in [0.25, 0.3) is 0 Å². The number of rotatable bonds is 6. The van der Waals surface area contributed by atoms with Crippen LogP contribution < -0.4 is 0 Å². The molecular formula is C17H32O. The molecule has 2 saturated carbocycles. The van der Waals surface area contributed by atoms with Gasteiger partial charge in [0, 0.05) is 6.61 Å². The normalized spacial score (nSPS) is 26.3. The Hall–Kier alpha value is -0.0400. The molecule has 0 aromatic carbocycles. The zero-order valence-electron chi connectivity index (χ0n) is 12.2. The van der Waals surface area contributed by atoms with Crippen molar-refractivity contribution in [2.75, 3.05) is 6.61 Å². The molecule has 0 saturated heterocycles. The highest BCUT2D eigenvalue weighted by Gasteiger charge is 2.32. The molecule has 0 heterocycles. The standard InChI is InChI=1S/C17H32O/c1-14(11-12-18)13-17(16-9-5-6-10-16)15-7-3-2-4-8-15/h14-18H,2-13H2,1H3. The smallest absolute Gasteiger partial charge is 0.0433 e. The Balaban J connectivity index is 1.92. The van der Waals surface area contributed by atoms with Gasteiger partial charge in [0.2, 0.25) is 0 Å². The van der Waals surface area contributed by atoms with Crippen LogP contribution in [0.25, 0.3) is 0 Å². The highest BCUT2D eigenvalue weighted by atomic mass is 16.3. The fraction of sp³-hybridized carbons (Fsp3) is 1.00. The van der Waals surface area contributed by atoms with Crippen molar-refractivity contribution in [1.29, 1.82) is 0 Å². The van der Waals surface area contributed by atoms with Crippen LogP contribution >= 0.6 is 0 Å². The van der Waals surface area contributed by atoms with Gasteiger partial charge in [0.05, 0.1) is 0 Å². The lowest BCUT2D eigenvalue weighted by molar-refractivity contribution is 0.139. The van der Waals surface area contributed by atoms with E-state index in [2.05, 4.69) is 6.92 Å². The Kier molecular flexibility index (Phi) is 6.01. The Bertz CT molecular complexity index is 214. The first-order valence-corrected chi connectivity index (χ1v) is 8.42. The number of aliphatic hydroxyl groups is 1. The summed E-state index contributed by atoms with van der Waals surface area (Å²) in [6.07, 6.45) is 15.7. The van der Waals surface area contributed by atoms with Crippen LogP contribution in [0.4, 0.5) is 0 Å². The average molecular weight is 252 g/mol. The van der Waals surface area contributed by atoms with E-state index >= 15 is 0 Å². The molecule has 0 aromatic rings. The van der Waals surface area contributed by atoms with Gasteiger partial charge in [-0.15, -0.1) is 0 Å². The van der Waals surface area contributed by atoms with E-state index < -0.39 is 0 Å². The molecule has 2 aliphatic carbocycles. The molecule has 2 atom stereocenters. The quantitative estimate of drug-likeness (QED) is 0.721. The van der Waals surface area contributed by atoms with Crippen LogP contribution in [0, 0.1) is 23.7 Å². The van der Waals surface area contributed by atoms with Crippen molar-refractivity contribution in [2.45, 2.75) is 77.6 Å². The van der Waals surface area contributed by atoms with Crippen molar-refractivity contribution in [3.63, 3.8) is 0 Å². The molecule has 1 nitrogen and oxygen atoms in total. The topological polar surface area (TPSA) is 20.2 Å². The zero-order valence-corrected chi connectivity index (χ0v) is 12.2. The largest absolute Gasteiger partial charge is 0.396 e. The molecule has 0 aliphatic heterocycles. The van der Waals surface area contributed by atoms with E-state index in [1.807, 2.05) is 0 Å². The van der Waals surface area contributed by atoms with E-state index in [0.717, 1.165) is 30.1 Å². The Morgan fingerprint density at radius 1 is 0.889 bits per heavy atom. The van der Waals surface area contributed by atoms with E-state index in [9.17, 15) is 0 Å². The number of aliphatic hydroxyl groups excluding tert-OH is 1. The van der Waals surface area contributed by atoms with Gasteiger partial charge in [-0.05, 0) is 36.5 Å². The minimum Gasteiger partial charge on any atom is -0.396 e. The minimum atomic E-state index is 0.378. The predicted octanol–water partition coefficient (Wildman–Crippen LogP) is 4.78. The molecule has 2 rings (SSSR count). The zero-order chi connectivity index (χ0) is 12.8. The molecule has 1 N–H and O–H groups in total.